The summed E-state index contributed by atoms with van der Waals surface area (Å²) in [6.45, 7) is 6.02. The molecule has 1 aromatic heterocycles. The van der Waals surface area contributed by atoms with Crippen molar-refractivity contribution in [1.82, 2.24) is 15.3 Å². The third kappa shape index (κ3) is 5.03. The number of aryl methyl sites for hydroxylation is 1. The quantitative estimate of drug-likeness (QED) is 0.628. The van der Waals surface area contributed by atoms with E-state index in [-0.39, 0.29) is 5.91 Å². The number of nitrogens with one attached hydrogen (secondary N) is 3. The summed E-state index contributed by atoms with van der Waals surface area (Å²) in [5.74, 6) is 2.19. The van der Waals surface area contributed by atoms with Crippen LogP contribution >= 0.6 is 0 Å². The van der Waals surface area contributed by atoms with Gasteiger partial charge in [0.15, 0.2) is 0 Å². The van der Waals surface area contributed by atoms with Gasteiger partial charge in [0.1, 0.15) is 5.82 Å². The molecule has 6 nitrogen and oxygen atoms in total. The van der Waals surface area contributed by atoms with Gasteiger partial charge in [0.25, 0.3) is 0 Å². The van der Waals surface area contributed by atoms with E-state index in [9.17, 15) is 4.79 Å². The maximum absolute atomic E-state index is 11.5. The topological polar surface area (TPSA) is 78.9 Å². The first-order valence-corrected chi connectivity index (χ1v) is 7.27. The zero-order chi connectivity index (χ0) is 14.4. The molecule has 1 fully saturated rings. The average molecular weight is 277 g/mol. The Balaban J connectivity index is 1.71. The molecule has 0 unspecified atom stereocenters. The molecule has 1 aliphatic carbocycles. The number of carbonyl (C=O) groups is 1. The van der Waals surface area contributed by atoms with Crippen molar-refractivity contribution in [2.24, 2.45) is 5.92 Å². The minimum Gasteiger partial charge on any atom is -0.370 e. The second kappa shape index (κ2) is 7.07. The van der Waals surface area contributed by atoms with E-state index < -0.39 is 0 Å². The van der Waals surface area contributed by atoms with Crippen molar-refractivity contribution in [2.45, 2.75) is 33.1 Å². The van der Waals surface area contributed by atoms with Crippen molar-refractivity contribution in [3.8, 4) is 0 Å². The lowest BCUT2D eigenvalue weighted by Gasteiger charge is -2.09. The van der Waals surface area contributed by atoms with Crippen LogP contribution in [0.5, 0.6) is 0 Å². The van der Waals surface area contributed by atoms with Crippen LogP contribution in [0.15, 0.2) is 6.07 Å². The summed E-state index contributed by atoms with van der Waals surface area (Å²) in [5.41, 5.74) is 0.913. The Labute approximate surface area is 119 Å². The molecular formula is C14H23N5O. The molecule has 1 aliphatic rings. The number of carbonyl (C=O) groups excluding carboxylic acids is 1. The Morgan fingerprint density at radius 3 is 2.80 bits per heavy atom. The van der Waals surface area contributed by atoms with E-state index in [4.69, 9.17) is 0 Å². The van der Waals surface area contributed by atoms with Crippen molar-refractivity contribution in [1.29, 1.82) is 0 Å². The van der Waals surface area contributed by atoms with E-state index in [1.165, 1.54) is 12.8 Å². The number of nitrogens with zero attached hydrogens (tertiary/aromatic N) is 2. The molecule has 20 heavy (non-hydrogen) atoms. The lowest BCUT2D eigenvalue weighted by molar-refractivity contribution is -0.121. The highest BCUT2D eigenvalue weighted by Gasteiger charge is 2.23. The minimum atomic E-state index is 0.146. The van der Waals surface area contributed by atoms with Crippen LogP contribution in [0.3, 0.4) is 0 Å². The van der Waals surface area contributed by atoms with Crippen molar-refractivity contribution < 1.29 is 4.79 Å². The van der Waals surface area contributed by atoms with Gasteiger partial charge in [0, 0.05) is 37.8 Å². The van der Waals surface area contributed by atoms with Crippen molar-refractivity contribution >= 4 is 17.7 Å². The summed E-state index contributed by atoms with van der Waals surface area (Å²) in [4.78, 5) is 20.2. The number of amides is 1. The second-order valence-electron chi connectivity index (χ2n) is 5.17. The Morgan fingerprint density at radius 1 is 1.30 bits per heavy atom. The van der Waals surface area contributed by atoms with E-state index in [1.54, 1.807) is 0 Å². The van der Waals surface area contributed by atoms with Gasteiger partial charge in [-0.05, 0) is 32.6 Å². The largest absolute Gasteiger partial charge is 0.370 e. The molecule has 110 valence electrons. The van der Waals surface area contributed by atoms with Gasteiger partial charge in [0.05, 0.1) is 0 Å². The first-order chi connectivity index (χ1) is 9.67. The van der Waals surface area contributed by atoms with Gasteiger partial charge in [-0.25, -0.2) is 4.98 Å². The third-order valence-electron chi connectivity index (χ3n) is 3.11. The predicted octanol–water partition coefficient (Wildman–Crippen LogP) is 1.55. The smallest absolute Gasteiger partial charge is 0.224 e. The summed E-state index contributed by atoms with van der Waals surface area (Å²) < 4.78 is 0. The maximum atomic E-state index is 11.5. The molecule has 1 heterocycles. The summed E-state index contributed by atoms with van der Waals surface area (Å²) >= 11 is 0. The zero-order valence-electron chi connectivity index (χ0n) is 12.2. The SMILES string of the molecule is CCNc1cc(C)nc(NCCNC(=O)CC2CC2)n1. The summed E-state index contributed by atoms with van der Waals surface area (Å²) in [6, 6.07) is 1.91. The molecule has 1 saturated carbocycles. The fourth-order valence-corrected chi connectivity index (χ4v) is 1.95. The Hall–Kier alpha value is -1.85. The third-order valence-corrected chi connectivity index (χ3v) is 3.11. The van der Waals surface area contributed by atoms with Crippen LogP contribution in [0.25, 0.3) is 0 Å². The molecule has 6 heteroatoms. The van der Waals surface area contributed by atoms with Crippen molar-refractivity contribution in [3.05, 3.63) is 11.8 Å². The van der Waals surface area contributed by atoms with Gasteiger partial charge in [0.2, 0.25) is 11.9 Å². The lowest BCUT2D eigenvalue weighted by Crippen LogP contribution is -2.29. The lowest BCUT2D eigenvalue weighted by atomic mass is 10.3. The highest BCUT2D eigenvalue weighted by Crippen LogP contribution is 2.31. The first kappa shape index (κ1) is 14.6. The standard InChI is InChI=1S/C14H23N5O/c1-3-15-12-8-10(2)18-14(19-12)17-7-6-16-13(20)9-11-4-5-11/h8,11H,3-7,9H2,1-2H3,(H,16,20)(H2,15,17,18,19). The normalized spacial score (nSPS) is 13.9. The van der Waals surface area contributed by atoms with Crippen LogP contribution < -0.4 is 16.0 Å². The van der Waals surface area contributed by atoms with Gasteiger partial charge in [-0.2, -0.15) is 4.98 Å². The molecule has 0 atom stereocenters. The average Bonchev–Trinajstić information content (AvgIpc) is 3.18. The molecule has 1 amide bonds. The van der Waals surface area contributed by atoms with E-state index >= 15 is 0 Å². The van der Waals surface area contributed by atoms with Crippen LogP contribution in [-0.2, 0) is 4.79 Å². The Bertz CT molecular complexity index is 459. The Morgan fingerprint density at radius 2 is 2.10 bits per heavy atom. The minimum absolute atomic E-state index is 0.146. The van der Waals surface area contributed by atoms with Gasteiger partial charge in [-0.15, -0.1) is 0 Å². The maximum Gasteiger partial charge on any atom is 0.224 e. The molecule has 0 aromatic carbocycles. The molecule has 2 rings (SSSR count). The Kier molecular flexibility index (Phi) is 5.15. The predicted molar refractivity (Wildman–Crippen MR) is 79.8 cm³/mol. The van der Waals surface area contributed by atoms with Crippen LogP contribution in [-0.4, -0.2) is 35.5 Å². The van der Waals surface area contributed by atoms with Crippen LogP contribution in [0.1, 0.15) is 31.9 Å². The van der Waals surface area contributed by atoms with Crippen LogP contribution in [0, 0.1) is 12.8 Å². The molecule has 3 N–H and O–H groups in total. The number of aromatic nitrogens is 2. The van der Waals surface area contributed by atoms with Crippen LogP contribution in [0.4, 0.5) is 11.8 Å². The summed E-state index contributed by atoms with van der Waals surface area (Å²) in [7, 11) is 0. The highest BCUT2D eigenvalue weighted by atomic mass is 16.1. The summed E-state index contributed by atoms with van der Waals surface area (Å²) in [5, 5.41) is 9.20. The van der Waals surface area contributed by atoms with Gasteiger partial charge >= 0.3 is 0 Å². The number of hydrogen-bond donors (Lipinski definition) is 3. The first-order valence-electron chi connectivity index (χ1n) is 7.27. The molecule has 0 spiro atoms. The zero-order valence-corrected chi connectivity index (χ0v) is 12.2. The van der Waals surface area contributed by atoms with Crippen molar-refractivity contribution in [3.63, 3.8) is 0 Å². The van der Waals surface area contributed by atoms with Gasteiger partial charge in [-0.3, -0.25) is 4.79 Å². The van der Waals surface area contributed by atoms with Crippen LogP contribution in [0.2, 0.25) is 0 Å². The van der Waals surface area contributed by atoms with E-state index in [1.807, 2.05) is 19.9 Å². The summed E-state index contributed by atoms with van der Waals surface area (Å²) in [6.07, 6.45) is 3.08. The van der Waals surface area contributed by atoms with Gasteiger partial charge < -0.3 is 16.0 Å². The fraction of sp³-hybridized carbons (Fsp3) is 0.643. The van der Waals surface area contributed by atoms with E-state index in [0.717, 1.165) is 18.1 Å². The molecule has 0 saturated heterocycles. The number of hydrogen-bond acceptors (Lipinski definition) is 5. The molecular weight excluding hydrogens is 254 g/mol. The molecule has 1 aromatic rings. The number of rotatable bonds is 8. The van der Waals surface area contributed by atoms with Crippen molar-refractivity contribution in [2.75, 3.05) is 30.3 Å². The molecule has 0 aliphatic heterocycles. The molecule has 0 bridgehead atoms. The second-order valence-corrected chi connectivity index (χ2v) is 5.17. The highest BCUT2D eigenvalue weighted by molar-refractivity contribution is 5.76. The van der Waals surface area contributed by atoms with E-state index in [2.05, 4.69) is 25.9 Å². The van der Waals surface area contributed by atoms with E-state index in [0.29, 0.717) is 31.4 Å². The van der Waals surface area contributed by atoms with Gasteiger partial charge in [-0.1, -0.05) is 0 Å². The monoisotopic (exact) mass is 277 g/mol. The fourth-order valence-electron chi connectivity index (χ4n) is 1.95. The number of anilines is 2. The molecule has 0 radical (unpaired) electrons.